The molecule has 0 amide bonds. The van der Waals surface area contributed by atoms with E-state index in [0.717, 1.165) is 25.8 Å². The molecule has 9 heavy (non-hydrogen) atoms. The second-order valence-corrected chi connectivity index (χ2v) is 2.04. The van der Waals surface area contributed by atoms with Crippen LogP contribution in [0.5, 0.6) is 0 Å². The smallest absolute Gasteiger partial charge is 0.139 e. The number of nitrogens with zero attached hydrogens (tertiary/aromatic N) is 2. The monoisotopic (exact) mass is 126 g/mol. The molecule has 3 nitrogen and oxygen atoms in total. The van der Waals surface area contributed by atoms with Crippen LogP contribution in [0, 0.1) is 0 Å². The first-order valence-electron chi connectivity index (χ1n) is 3.11. The predicted molar refractivity (Wildman–Crippen MR) is 35.6 cm³/mol. The van der Waals surface area contributed by atoms with Crippen molar-refractivity contribution in [2.24, 2.45) is 4.99 Å². The van der Waals surface area contributed by atoms with E-state index in [0.29, 0.717) is 6.54 Å². The third-order valence-electron chi connectivity index (χ3n) is 1.29. The lowest BCUT2D eigenvalue weighted by Gasteiger charge is -2.18. The number of aldehydes is 1. The molecular formula is C6H10N2O. The van der Waals surface area contributed by atoms with Crippen molar-refractivity contribution < 1.29 is 4.79 Å². The summed E-state index contributed by atoms with van der Waals surface area (Å²) in [5, 5.41) is 0. The first-order valence-corrected chi connectivity index (χ1v) is 3.11. The highest BCUT2D eigenvalue weighted by Gasteiger charge is 2.01. The van der Waals surface area contributed by atoms with Crippen LogP contribution in [0.4, 0.5) is 0 Å². The molecule has 0 atom stereocenters. The summed E-state index contributed by atoms with van der Waals surface area (Å²) in [6, 6.07) is 0. The van der Waals surface area contributed by atoms with Gasteiger partial charge in [0.1, 0.15) is 6.29 Å². The quantitative estimate of drug-likeness (QED) is 0.485. The van der Waals surface area contributed by atoms with E-state index in [9.17, 15) is 4.79 Å². The van der Waals surface area contributed by atoms with Crippen molar-refractivity contribution in [1.29, 1.82) is 0 Å². The second-order valence-electron chi connectivity index (χ2n) is 2.04. The lowest BCUT2D eigenvalue weighted by Crippen LogP contribution is -2.28. The van der Waals surface area contributed by atoms with Gasteiger partial charge in [0, 0.05) is 13.1 Å². The highest BCUT2D eigenvalue weighted by atomic mass is 16.1. The van der Waals surface area contributed by atoms with Crippen molar-refractivity contribution in [3.63, 3.8) is 0 Å². The van der Waals surface area contributed by atoms with Gasteiger partial charge in [-0.3, -0.25) is 4.99 Å². The van der Waals surface area contributed by atoms with Crippen molar-refractivity contribution in [2.75, 3.05) is 19.6 Å². The van der Waals surface area contributed by atoms with Crippen molar-refractivity contribution in [2.45, 2.75) is 6.42 Å². The molecule has 1 aliphatic heterocycles. The zero-order valence-electron chi connectivity index (χ0n) is 5.29. The van der Waals surface area contributed by atoms with Crippen LogP contribution in [-0.2, 0) is 4.79 Å². The zero-order valence-corrected chi connectivity index (χ0v) is 5.29. The molecule has 0 radical (unpaired) electrons. The lowest BCUT2D eigenvalue weighted by atomic mass is 10.3. The molecule has 0 saturated heterocycles. The van der Waals surface area contributed by atoms with E-state index in [1.54, 1.807) is 6.34 Å². The summed E-state index contributed by atoms with van der Waals surface area (Å²) in [7, 11) is 0. The molecule has 0 aromatic carbocycles. The number of hydrogen-bond donors (Lipinski definition) is 0. The maximum absolute atomic E-state index is 9.97. The van der Waals surface area contributed by atoms with Gasteiger partial charge in [0.2, 0.25) is 0 Å². The Morgan fingerprint density at radius 2 is 2.67 bits per heavy atom. The summed E-state index contributed by atoms with van der Waals surface area (Å²) in [4.78, 5) is 15.9. The molecule has 1 aliphatic rings. The number of carbonyl (C=O) groups excluding carboxylic acids is 1. The van der Waals surface area contributed by atoms with Crippen LogP contribution in [0.2, 0.25) is 0 Å². The molecule has 0 saturated carbocycles. The van der Waals surface area contributed by atoms with E-state index in [-0.39, 0.29) is 0 Å². The lowest BCUT2D eigenvalue weighted by molar-refractivity contribution is -0.108. The van der Waals surface area contributed by atoms with E-state index in [1.807, 2.05) is 4.90 Å². The Labute approximate surface area is 54.4 Å². The van der Waals surface area contributed by atoms with Crippen LogP contribution in [-0.4, -0.2) is 37.2 Å². The highest BCUT2D eigenvalue weighted by molar-refractivity contribution is 5.63. The van der Waals surface area contributed by atoms with Crippen LogP contribution >= 0.6 is 0 Å². The largest absolute Gasteiger partial charge is 0.356 e. The Morgan fingerprint density at radius 1 is 1.78 bits per heavy atom. The van der Waals surface area contributed by atoms with Gasteiger partial charge < -0.3 is 9.69 Å². The van der Waals surface area contributed by atoms with Crippen LogP contribution in [0.1, 0.15) is 6.42 Å². The summed E-state index contributed by atoms with van der Waals surface area (Å²) in [5.74, 6) is 0. The molecule has 0 aromatic heterocycles. The third kappa shape index (κ3) is 1.83. The molecule has 0 fully saturated rings. The Hall–Kier alpha value is -0.860. The van der Waals surface area contributed by atoms with Crippen LogP contribution < -0.4 is 0 Å². The first-order chi connectivity index (χ1) is 4.43. The molecule has 0 N–H and O–H groups in total. The minimum absolute atomic E-state index is 0.490. The van der Waals surface area contributed by atoms with Crippen molar-refractivity contribution in [3.8, 4) is 0 Å². The van der Waals surface area contributed by atoms with E-state index in [4.69, 9.17) is 0 Å². The topological polar surface area (TPSA) is 32.7 Å². The number of hydrogen-bond acceptors (Lipinski definition) is 3. The van der Waals surface area contributed by atoms with E-state index >= 15 is 0 Å². The number of aliphatic imine (C=N–C) groups is 1. The maximum atomic E-state index is 9.97. The van der Waals surface area contributed by atoms with Crippen molar-refractivity contribution in [3.05, 3.63) is 0 Å². The molecule has 1 heterocycles. The SMILES string of the molecule is O=CCN1C=NCCC1. The van der Waals surface area contributed by atoms with Gasteiger partial charge >= 0.3 is 0 Å². The van der Waals surface area contributed by atoms with Gasteiger partial charge in [-0.05, 0) is 6.42 Å². The molecule has 3 heteroatoms. The normalized spacial score (nSPS) is 18.0. The maximum Gasteiger partial charge on any atom is 0.139 e. The van der Waals surface area contributed by atoms with Gasteiger partial charge in [-0.2, -0.15) is 0 Å². The zero-order chi connectivity index (χ0) is 6.53. The highest BCUT2D eigenvalue weighted by Crippen LogP contribution is 1.93. The summed E-state index contributed by atoms with van der Waals surface area (Å²) < 4.78 is 0. The van der Waals surface area contributed by atoms with E-state index in [2.05, 4.69) is 4.99 Å². The van der Waals surface area contributed by atoms with Gasteiger partial charge in [-0.1, -0.05) is 0 Å². The molecule has 0 aromatic rings. The molecule has 0 aliphatic carbocycles. The minimum atomic E-state index is 0.490. The minimum Gasteiger partial charge on any atom is -0.356 e. The molecule has 0 unspecified atom stereocenters. The van der Waals surface area contributed by atoms with Crippen molar-refractivity contribution >= 4 is 12.6 Å². The standard InChI is InChI=1S/C6H10N2O/c9-5-4-8-3-1-2-7-6-8/h5-6H,1-4H2. The molecule has 0 spiro atoms. The van der Waals surface area contributed by atoms with E-state index in [1.165, 1.54) is 0 Å². The van der Waals surface area contributed by atoms with Crippen molar-refractivity contribution in [1.82, 2.24) is 4.90 Å². The summed E-state index contributed by atoms with van der Waals surface area (Å²) in [6.07, 6.45) is 3.72. The predicted octanol–water partition coefficient (Wildman–Crippen LogP) is -0.0807. The van der Waals surface area contributed by atoms with Gasteiger partial charge in [-0.15, -0.1) is 0 Å². The summed E-state index contributed by atoms with van der Waals surface area (Å²) in [5.41, 5.74) is 0. The van der Waals surface area contributed by atoms with Crippen LogP contribution in [0.15, 0.2) is 4.99 Å². The van der Waals surface area contributed by atoms with Crippen LogP contribution in [0.3, 0.4) is 0 Å². The molecule has 0 bridgehead atoms. The Kier molecular flexibility index (Phi) is 2.24. The van der Waals surface area contributed by atoms with Gasteiger partial charge in [-0.25, -0.2) is 0 Å². The fraction of sp³-hybridized carbons (Fsp3) is 0.667. The van der Waals surface area contributed by atoms with Gasteiger partial charge in [0.15, 0.2) is 0 Å². The molecule has 1 rings (SSSR count). The number of carbonyl (C=O) groups is 1. The fourth-order valence-corrected chi connectivity index (χ4v) is 0.830. The van der Waals surface area contributed by atoms with E-state index < -0.39 is 0 Å². The Morgan fingerprint density at radius 3 is 3.22 bits per heavy atom. The molecule has 50 valence electrons. The Bertz CT molecular complexity index is 122. The number of rotatable bonds is 2. The summed E-state index contributed by atoms with van der Waals surface area (Å²) in [6.45, 7) is 2.38. The average molecular weight is 126 g/mol. The second kappa shape index (κ2) is 3.22. The fourth-order valence-electron chi connectivity index (χ4n) is 0.830. The van der Waals surface area contributed by atoms with Gasteiger partial charge in [0.05, 0.1) is 12.9 Å². The average Bonchev–Trinajstić information content (AvgIpc) is 1.91. The Balaban J connectivity index is 2.31. The summed E-state index contributed by atoms with van der Waals surface area (Å²) >= 11 is 0. The van der Waals surface area contributed by atoms with Crippen LogP contribution in [0.25, 0.3) is 0 Å². The third-order valence-corrected chi connectivity index (χ3v) is 1.29. The first kappa shape index (κ1) is 6.26. The molecular weight excluding hydrogens is 116 g/mol. The van der Waals surface area contributed by atoms with Gasteiger partial charge in [0.25, 0.3) is 0 Å².